The first-order chi connectivity index (χ1) is 8.72. The standard InChI is InChI=1S/C13H16BrN3O/c1-3-17-8-11(7-15-17)9-18-13-5-4-10(2)16-12(13)6-14/h4-5,7-8H,3,6,9H2,1-2H3. The molecule has 2 aromatic rings. The summed E-state index contributed by atoms with van der Waals surface area (Å²) in [6, 6.07) is 3.92. The minimum Gasteiger partial charge on any atom is -0.487 e. The Morgan fingerprint density at radius 2 is 2.22 bits per heavy atom. The Hall–Kier alpha value is -1.36. The summed E-state index contributed by atoms with van der Waals surface area (Å²) in [4.78, 5) is 4.43. The summed E-state index contributed by atoms with van der Waals surface area (Å²) in [6.45, 7) is 5.43. The van der Waals surface area contributed by atoms with Gasteiger partial charge in [0.25, 0.3) is 0 Å². The van der Waals surface area contributed by atoms with Crippen LogP contribution in [0.1, 0.15) is 23.9 Å². The molecule has 0 aromatic carbocycles. The Bertz CT molecular complexity index is 525. The highest BCUT2D eigenvalue weighted by molar-refractivity contribution is 9.08. The van der Waals surface area contributed by atoms with E-state index in [1.54, 1.807) is 0 Å². The summed E-state index contributed by atoms with van der Waals surface area (Å²) in [7, 11) is 0. The first-order valence-electron chi connectivity index (χ1n) is 5.89. The molecule has 0 bridgehead atoms. The second kappa shape index (κ2) is 6.00. The van der Waals surface area contributed by atoms with Crippen molar-refractivity contribution in [2.24, 2.45) is 0 Å². The van der Waals surface area contributed by atoms with Gasteiger partial charge in [-0.05, 0) is 26.0 Å². The molecule has 0 aliphatic rings. The Morgan fingerprint density at radius 3 is 2.89 bits per heavy atom. The molecular formula is C13H16BrN3O. The monoisotopic (exact) mass is 309 g/mol. The van der Waals surface area contributed by atoms with Crippen LogP contribution >= 0.6 is 15.9 Å². The number of hydrogen-bond donors (Lipinski definition) is 0. The van der Waals surface area contributed by atoms with Gasteiger partial charge in [-0.15, -0.1) is 0 Å². The number of aromatic nitrogens is 3. The zero-order chi connectivity index (χ0) is 13.0. The Morgan fingerprint density at radius 1 is 1.39 bits per heavy atom. The topological polar surface area (TPSA) is 39.9 Å². The molecule has 0 aliphatic heterocycles. The normalized spacial score (nSPS) is 10.6. The number of pyridine rings is 1. The third-order valence-corrected chi connectivity index (χ3v) is 3.13. The Balaban J connectivity index is 2.05. The fraction of sp³-hybridized carbons (Fsp3) is 0.385. The lowest BCUT2D eigenvalue weighted by Gasteiger charge is -2.08. The minimum absolute atomic E-state index is 0.519. The van der Waals surface area contributed by atoms with Gasteiger partial charge >= 0.3 is 0 Å². The van der Waals surface area contributed by atoms with E-state index in [0.29, 0.717) is 11.9 Å². The largest absolute Gasteiger partial charge is 0.487 e. The molecule has 4 nitrogen and oxygen atoms in total. The van der Waals surface area contributed by atoms with Crippen LogP contribution in [-0.2, 0) is 18.5 Å². The fourth-order valence-electron chi connectivity index (χ4n) is 1.64. The smallest absolute Gasteiger partial charge is 0.142 e. The van der Waals surface area contributed by atoms with E-state index in [2.05, 4.69) is 32.9 Å². The van der Waals surface area contributed by atoms with E-state index >= 15 is 0 Å². The molecule has 0 N–H and O–H groups in total. The lowest BCUT2D eigenvalue weighted by Crippen LogP contribution is -2.00. The maximum Gasteiger partial charge on any atom is 0.142 e. The second-order valence-corrected chi connectivity index (χ2v) is 4.58. The molecule has 5 heteroatoms. The van der Waals surface area contributed by atoms with Crippen LogP contribution in [0.5, 0.6) is 5.75 Å². The summed E-state index contributed by atoms with van der Waals surface area (Å²) in [5.41, 5.74) is 2.99. The van der Waals surface area contributed by atoms with Crippen molar-refractivity contribution in [1.82, 2.24) is 14.8 Å². The zero-order valence-corrected chi connectivity index (χ0v) is 12.1. The van der Waals surface area contributed by atoms with Crippen LogP contribution in [0, 0.1) is 6.92 Å². The number of ether oxygens (including phenoxy) is 1. The van der Waals surface area contributed by atoms with E-state index in [0.717, 1.165) is 29.2 Å². The molecule has 96 valence electrons. The third-order valence-electron chi connectivity index (χ3n) is 2.60. The number of nitrogens with zero attached hydrogens (tertiary/aromatic N) is 3. The van der Waals surface area contributed by atoms with E-state index in [1.807, 2.05) is 36.1 Å². The van der Waals surface area contributed by atoms with Gasteiger partial charge in [0, 0.05) is 29.3 Å². The van der Waals surface area contributed by atoms with Gasteiger partial charge < -0.3 is 4.74 Å². The van der Waals surface area contributed by atoms with Crippen molar-refractivity contribution < 1.29 is 4.74 Å². The maximum atomic E-state index is 5.78. The van der Waals surface area contributed by atoms with Crippen molar-refractivity contribution in [3.05, 3.63) is 41.5 Å². The summed E-state index contributed by atoms with van der Waals surface area (Å²) < 4.78 is 7.67. The van der Waals surface area contributed by atoms with Crippen LogP contribution < -0.4 is 4.74 Å². The highest BCUT2D eigenvalue weighted by atomic mass is 79.9. The van der Waals surface area contributed by atoms with Crippen molar-refractivity contribution >= 4 is 15.9 Å². The molecule has 2 aromatic heterocycles. The van der Waals surface area contributed by atoms with Crippen molar-refractivity contribution in [1.29, 1.82) is 0 Å². The molecule has 0 amide bonds. The highest BCUT2D eigenvalue weighted by Gasteiger charge is 2.05. The summed E-state index contributed by atoms with van der Waals surface area (Å²) in [5.74, 6) is 0.821. The average molecular weight is 310 g/mol. The van der Waals surface area contributed by atoms with Gasteiger partial charge in [-0.1, -0.05) is 15.9 Å². The van der Waals surface area contributed by atoms with Crippen molar-refractivity contribution in [3.8, 4) is 5.75 Å². The van der Waals surface area contributed by atoms with Crippen LogP contribution in [0.25, 0.3) is 0 Å². The van der Waals surface area contributed by atoms with Gasteiger partial charge in [-0.2, -0.15) is 5.10 Å². The number of aryl methyl sites for hydroxylation is 2. The third kappa shape index (κ3) is 3.10. The molecule has 0 radical (unpaired) electrons. The number of alkyl halides is 1. The maximum absolute atomic E-state index is 5.78. The molecule has 0 fully saturated rings. The van der Waals surface area contributed by atoms with Gasteiger partial charge in [-0.25, -0.2) is 0 Å². The molecule has 0 spiro atoms. The van der Waals surface area contributed by atoms with E-state index in [-0.39, 0.29) is 0 Å². The van der Waals surface area contributed by atoms with Gasteiger partial charge in [0.15, 0.2) is 0 Å². The fourth-order valence-corrected chi connectivity index (χ4v) is 2.04. The first kappa shape index (κ1) is 13.1. The SMILES string of the molecule is CCn1cc(COc2ccc(C)nc2CBr)cn1. The molecule has 2 heterocycles. The van der Waals surface area contributed by atoms with Gasteiger partial charge in [0.1, 0.15) is 12.4 Å². The van der Waals surface area contributed by atoms with Crippen molar-refractivity contribution in [2.75, 3.05) is 0 Å². The molecule has 0 atom stereocenters. The molecule has 0 saturated heterocycles. The van der Waals surface area contributed by atoms with Crippen LogP contribution in [0.3, 0.4) is 0 Å². The lowest BCUT2D eigenvalue weighted by molar-refractivity contribution is 0.302. The predicted molar refractivity (Wildman–Crippen MR) is 73.8 cm³/mol. The van der Waals surface area contributed by atoms with E-state index in [4.69, 9.17) is 4.74 Å². The van der Waals surface area contributed by atoms with Crippen LogP contribution in [0.4, 0.5) is 0 Å². The zero-order valence-electron chi connectivity index (χ0n) is 10.6. The molecule has 18 heavy (non-hydrogen) atoms. The molecule has 0 unspecified atom stereocenters. The highest BCUT2D eigenvalue weighted by Crippen LogP contribution is 2.20. The average Bonchev–Trinajstić information content (AvgIpc) is 2.85. The number of rotatable bonds is 5. The summed E-state index contributed by atoms with van der Waals surface area (Å²) in [5, 5.41) is 4.91. The lowest BCUT2D eigenvalue weighted by atomic mass is 10.3. The quantitative estimate of drug-likeness (QED) is 0.797. The van der Waals surface area contributed by atoms with E-state index in [1.165, 1.54) is 0 Å². The van der Waals surface area contributed by atoms with Crippen molar-refractivity contribution in [3.63, 3.8) is 0 Å². The van der Waals surface area contributed by atoms with Crippen LogP contribution in [0.15, 0.2) is 24.5 Å². The number of halogens is 1. The van der Waals surface area contributed by atoms with E-state index < -0.39 is 0 Å². The van der Waals surface area contributed by atoms with Crippen molar-refractivity contribution in [2.45, 2.75) is 32.3 Å². The van der Waals surface area contributed by atoms with Gasteiger partial charge in [0.2, 0.25) is 0 Å². The molecule has 0 aliphatic carbocycles. The molecular weight excluding hydrogens is 294 g/mol. The summed E-state index contributed by atoms with van der Waals surface area (Å²) >= 11 is 3.43. The Labute approximate surface area is 115 Å². The number of hydrogen-bond acceptors (Lipinski definition) is 3. The summed E-state index contributed by atoms with van der Waals surface area (Å²) in [6.07, 6.45) is 3.83. The molecule has 2 rings (SSSR count). The van der Waals surface area contributed by atoms with Gasteiger partial charge in [-0.3, -0.25) is 9.67 Å². The second-order valence-electron chi connectivity index (χ2n) is 4.02. The first-order valence-corrected chi connectivity index (χ1v) is 7.01. The minimum atomic E-state index is 0.519. The van der Waals surface area contributed by atoms with Gasteiger partial charge in [0.05, 0.1) is 11.9 Å². The van der Waals surface area contributed by atoms with E-state index in [9.17, 15) is 0 Å². The predicted octanol–water partition coefficient (Wildman–Crippen LogP) is 3.08. The molecule has 0 saturated carbocycles. The van der Waals surface area contributed by atoms with Crippen LogP contribution in [0.2, 0.25) is 0 Å². The Kier molecular flexibility index (Phi) is 4.36. The van der Waals surface area contributed by atoms with Crippen LogP contribution in [-0.4, -0.2) is 14.8 Å².